The van der Waals surface area contributed by atoms with Crippen LogP contribution >= 0.6 is 0 Å². The number of hydrazone groups is 1. The molecule has 0 spiro atoms. The third-order valence-electron chi connectivity index (χ3n) is 5.12. The van der Waals surface area contributed by atoms with Crippen LogP contribution in [0.1, 0.15) is 6.92 Å². The first-order valence-electron chi connectivity index (χ1n) is 10.4. The zero-order valence-electron chi connectivity index (χ0n) is 18.2. The maximum Gasteiger partial charge on any atom is 0.414 e. The van der Waals surface area contributed by atoms with E-state index in [-0.39, 0.29) is 64.1 Å². The van der Waals surface area contributed by atoms with Crippen molar-refractivity contribution in [2.45, 2.75) is 13.0 Å². The molecule has 4 amide bonds. The quantitative estimate of drug-likeness (QED) is 0.481. The van der Waals surface area contributed by atoms with Crippen LogP contribution in [0, 0.1) is 5.82 Å². The summed E-state index contributed by atoms with van der Waals surface area (Å²) in [6.45, 7) is 1.80. The van der Waals surface area contributed by atoms with Gasteiger partial charge in [0, 0.05) is 26.6 Å². The highest BCUT2D eigenvalue weighted by Crippen LogP contribution is 2.28. The molecule has 12 nitrogen and oxygen atoms in total. The Morgan fingerprint density at radius 2 is 2.00 bits per heavy atom. The van der Waals surface area contributed by atoms with Crippen LogP contribution in [0.5, 0.6) is 0 Å². The van der Waals surface area contributed by atoms with Gasteiger partial charge in [-0.25, -0.2) is 19.0 Å². The molecule has 1 fully saturated rings. The van der Waals surface area contributed by atoms with E-state index in [1.165, 1.54) is 45.1 Å². The molecule has 0 radical (unpaired) electrons. The van der Waals surface area contributed by atoms with Gasteiger partial charge in [0.2, 0.25) is 5.91 Å². The van der Waals surface area contributed by atoms with E-state index in [1.807, 2.05) is 0 Å². The zero-order valence-corrected chi connectivity index (χ0v) is 18.2. The third kappa shape index (κ3) is 5.87. The summed E-state index contributed by atoms with van der Waals surface area (Å²) < 4.78 is 20.1. The molecule has 33 heavy (non-hydrogen) atoms. The molecule has 1 aromatic carbocycles. The van der Waals surface area contributed by atoms with Gasteiger partial charge in [0.1, 0.15) is 18.3 Å². The SMILES string of the molecule is CC(=O)NC[C@H]1CN(c2ccc(N3C=NN(C(=O)N(CCO)CCO)CC3)c(F)c2)C(=O)O1. The van der Waals surface area contributed by atoms with E-state index < -0.39 is 24.0 Å². The van der Waals surface area contributed by atoms with E-state index in [9.17, 15) is 18.8 Å². The van der Waals surface area contributed by atoms with Crippen LogP contribution in [0.25, 0.3) is 0 Å². The van der Waals surface area contributed by atoms with Gasteiger partial charge in [-0.1, -0.05) is 0 Å². The number of nitrogens with zero attached hydrogens (tertiary/aromatic N) is 5. The van der Waals surface area contributed by atoms with Crippen molar-refractivity contribution in [2.24, 2.45) is 5.10 Å². The number of nitrogens with one attached hydrogen (secondary N) is 1. The predicted octanol–water partition coefficient (Wildman–Crippen LogP) is -0.241. The predicted molar refractivity (Wildman–Crippen MR) is 116 cm³/mol. The Balaban J connectivity index is 1.65. The molecular weight excluding hydrogens is 439 g/mol. The summed E-state index contributed by atoms with van der Waals surface area (Å²) in [4.78, 5) is 39.8. The number of hydrogen-bond donors (Lipinski definition) is 3. The van der Waals surface area contributed by atoms with Crippen molar-refractivity contribution in [3.8, 4) is 0 Å². The fourth-order valence-electron chi connectivity index (χ4n) is 3.47. The number of aliphatic hydroxyl groups excluding tert-OH is 2. The van der Waals surface area contributed by atoms with Gasteiger partial charge in [0.25, 0.3) is 0 Å². The van der Waals surface area contributed by atoms with E-state index in [0.29, 0.717) is 5.69 Å². The first kappa shape index (κ1) is 24.2. The number of benzene rings is 1. The van der Waals surface area contributed by atoms with Crippen molar-refractivity contribution in [2.75, 3.05) is 62.3 Å². The summed E-state index contributed by atoms with van der Waals surface area (Å²) in [5.41, 5.74) is 0.542. The summed E-state index contributed by atoms with van der Waals surface area (Å²) in [6.07, 6.45) is 0.169. The maximum absolute atomic E-state index is 14.9. The minimum Gasteiger partial charge on any atom is -0.442 e. The molecule has 2 aliphatic heterocycles. The summed E-state index contributed by atoms with van der Waals surface area (Å²) in [5.74, 6) is -0.822. The molecule has 0 aliphatic carbocycles. The lowest BCUT2D eigenvalue weighted by Gasteiger charge is -2.32. The first-order chi connectivity index (χ1) is 15.8. The number of carbonyl (C=O) groups is 3. The van der Waals surface area contributed by atoms with Gasteiger partial charge in [0.05, 0.1) is 44.2 Å². The highest BCUT2D eigenvalue weighted by Gasteiger charge is 2.33. The molecule has 3 N–H and O–H groups in total. The molecule has 0 saturated carbocycles. The number of cyclic esters (lactones) is 1. The molecule has 1 aromatic rings. The average Bonchev–Trinajstić information content (AvgIpc) is 3.17. The number of rotatable bonds is 8. The van der Waals surface area contributed by atoms with Crippen LogP contribution in [0.4, 0.5) is 25.4 Å². The Hall–Kier alpha value is -3.45. The Morgan fingerprint density at radius 1 is 1.27 bits per heavy atom. The smallest absolute Gasteiger partial charge is 0.414 e. The Labute approximate surface area is 189 Å². The number of anilines is 2. The van der Waals surface area contributed by atoms with E-state index in [4.69, 9.17) is 14.9 Å². The molecule has 3 rings (SSSR count). The maximum atomic E-state index is 14.9. The van der Waals surface area contributed by atoms with Gasteiger partial charge in [-0.05, 0) is 18.2 Å². The number of aliphatic hydroxyl groups is 2. The zero-order chi connectivity index (χ0) is 24.0. The minimum absolute atomic E-state index is 0.0653. The lowest BCUT2D eigenvalue weighted by atomic mass is 10.2. The number of halogens is 1. The fraction of sp³-hybridized carbons (Fsp3) is 0.500. The second-order valence-corrected chi connectivity index (χ2v) is 7.45. The third-order valence-corrected chi connectivity index (χ3v) is 5.12. The van der Waals surface area contributed by atoms with E-state index in [0.717, 1.165) is 0 Å². The Kier molecular flexibility index (Phi) is 8.01. The molecular formula is C20H27FN6O6. The summed E-state index contributed by atoms with van der Waals surface area (Å²) in [6, 6.07) is 3.83. The fourth-order valence-corrected chi connectivity index (χ4v) is 3.47. The van der Waals surface area contributed by atoms with Crippen molar-refractivity contribution in [1.82, 2.24) is 15.2 Å². The summed E-state index contributed by atoms with van der Waals surface area (Å²) >= 11 is 0. The van der Waals surface area contributed by atoms with Crippen molar-refractivity contribution in [3.05, 3.63) is 24.0 Å². The van der Waals surface area contributed by atoms with Crippen LogP contribution in [0.2, 0.25) is 0 Å². The van der Waals surface area contributed by atoms with Gasteiger partial charge in [0.15, 0.2) is 0 Å². The monoisotopic (exact) mass is 466 g/mol. The van der Waals surface area contributed by atoms with E-state index >= 15 is 0 Å². The topological polar surface area (TPSA) is 138 Å². The lowest BCUT2D eigenvalue weighted by molar-refractivity contribution is -0.119. The molecule has 180 valence electrons. The summed E-state index contributed by atoms with van der Waals surface area (Å²) in [5, 5.41) is 26.0. The average molecular weight is 466 g/mol. The van der Waals surface area contributed by atoms with Crippen LogP contribution in [-0.2, 0) is 9.53 Å². The molecule has 0 unspecified atom stereocenters. The normalized spacial score (nSPS) is 17.9. The molecule has 13 heteroatoms. The lowest BCUT2D eigenvalue weighted by Crippen LogP contribution is -2.48. The van der Waals surface area contributed by atoms with Crippen molar-refractivity contribution < 1.29 is 33.7 Å². The van der Waals surface area contributed by atoms with E-state index in [1.54, 1.807) is 6.07 Å². The van der Waals surface area contributed by atoms with Gasteiger partial charge >= 0.3 is 12.1 Å². The van der Waals surface area contributed by atoms with Crippen molar-refractivity contribution in [1.29, 1.82) is 0 Å². The highest BCUT2D eigenvalue weighted by atomic mass is 19.1. The van der Waals surface area contributed by atoms with Gasteiger partial charge in [-0.3, -0.25) is 9.69 Å². The largest absolute Gasteiger partial charge is 0.442 e. The van der Waals surface area contributed by atoms with Crippen LogP contribution in [0.3, 0.4) is 0 Å². The van der Waals surface area contributed by atoms with Crippen molar-refractivity contribution in [3.63, 3.8) is 0 Å². The van der Waals surface area contributed by atoms with Crippen LogP contribution < -0.4 is 15.1 Å². The van der Waals surface area contributed by atoms with E-state index in [2.05, 4.69) is 10.4 Å². The number of carbonyl (C=O) groups excluding carboxylic acids is 3. The van der Waals surface area contributed by atoms with Gasteiger partial charge < -0.3 is 30.1 Å². The number of ether oxygens (including phenoxy) is 1. The van der Waals surface area contributed by atoms with Gasteiger partial charge in [-0.2, -0.15) is 5.10 Å². The highest BCUT2D eigenvalue weighted by molar-refractivity contribution is 5.91. The second-order valence-electron chi connectivity index (χ2n) is 7.45. The standard InChI is InChI=1S/C20H27FN6O6/c1-14(30)22-11-16-12-26(20(32)33-16)15-2-3-18(17(21)10-15)25-4-5-27(23-13-25)19(31)24(6-8-28)7-9-29/h2-3,10,13,16,28-29H,4-9,11-12H2,1H3,(H,22,30)/t16-/m0/s1. The van der Waals surface area contributed by atoms with Crippen LogP contribution in [-0.4, -0.2) is 103 Å². The number of hydrogen-bond acceptors (Lipinski definition) is 8. The number of amides is 4. The molecule has 2 aliphatic rings. The molecule has 1 saturated heterocycles. The molecule has 2 heterocycles. The first-order valence-corrected chi connectivity index (χ1v) is 10.4. The molecule has 1 atom stereocenters. The summed E-state index contributed by atoms with van der Waals surface area (Å²) in [7, 11) is 0. The number of urea groups is 1. The Morgan fingerprint density at radius 3 is 2.58 bits per heavy atom. The molecule has 0 aromatic heterocycles. The van der Waals surface area contributed by atoms with Crippen LogP contribution in [0.15, 0.2) is 23.3 Å². The minimum atomic E-state index is -0.624. The van der Waals surface area contributed by atoms with Gasteiger partial charge in [-0.15, -0.1) is 0 Å². The van der Waals surface area contributed by atoms with Crippen molar-refractivity contribution >= 4 is 35.7 Å². The molecule has 0 bridgehead atoms. The Bertz CT molecular complexity index is 909. The second kappa shape index (κ2) is 10.9.